The van der Waals surface area contributed by atoms with E-state index in [-0.39, 0.29) is 0 Å². The average Bonchev–Trinajstić information content (AvgIpc) is 2.35. The van der Waals surface area contributed by atoms with Crippen molar-refractivity contribution in [1.82, 2.24) is 0 Å². The van der Waals surface area contributed by atoms with Crippen LogP contribution in [0.25, 0.3) is 0 Å². The topological polar surface area (TPSA) is 55.8 Å². The van der Waals surface area contributed by atoms with Crippen molar-refractivity contribution in [3.8, 4) is 11.5 Å². The maximum atomic E-state index is 12.7. The van der Waals surface area contributed by atoms with Crippen LogP contribution in [0.3, 0.4) is 0 Å². The van der Waals surface area contributed by atoms with Crippen molar-refractivity contribution in [3.63, 3.8) is 0 Å². The molecule has 5 heteroatoms. The van der Waals surface area contributed by atoms with E-state index in [4.69, 9.17) is 14.6 Å². The number of rotatable bonds is 5. The first kappa shape index (κ1) is 13.3. The Bertz CT molecular complexity index is 417. The normalized spacial score (nSPS) is 12.0. The summed E-state index contributed by atoms with van der Waals surface area (Å²) in [5.41, 5.74) is 0.776. The number of carboxylic acid groups (broad SMARTS) is 1. The third kappa shape index (κ3) is 2.67. The fourth-order valence-electron chi connectivity index (χ4n) is 1.59. The highest BCUT2D eigenvalue weighted by molar-refractivity contribution is 5.77. The van der Waals surface area contributed by atoms with Crippen LogP contribution in [-0.2, 0) is 11.5 Å². The maximum Gasteiger partial charge on any atom is 0.310 e. The second-order valence-electron chi connectivity index (χ2n) is 3.61. The van der Waals surface area contributed by atoms with Crippen LogP contribution in [0.4, 0.5) is 4.39 Å². The second kappa shape index (κ2) is 5.52. The van der Waals surface area contributed by atoms with Gasteiger partial charge in [0, 0.05) is 5.56 Å². The minimum absolute atomic E-state index is 0.333. The third-order valence-electron chi connectivity index (χ3n) is 2.56. The van der Waals surface area contributed by atoms with Crippen molar-refractivity contribution >= 4 is 5.97 Å². The summed E-state index contributed by atoms with van der Waals surface area (Å²) in [5.74, 6) is -1.11. The highest BCUT2D eigenvalue weighted by atomic mass is 19.1. The van der Waals surface area contributed by atoms with Gasteiger partial charge in [-0.25, -0.2) is 4.39 Å². The molecule has 1 N–H and O–H groups in total. The van der Waals surface area contributed by atoms with E-state index in [9.17, 15) is 9.18 Å². The minimum atomic E-state index is -0.999. The summed E-state index contributed by atoms with van der Waals surface area (Å²) in [6.07, 6.45) is 0. The fourth-order valence-corrected chi connectivity index (χ4v) is 1.59. The second-order valence-corrected chi connectivity index (χ2v) is 3.61. The minimum Gasteiger partial charge on any atom is -0.493 e. The van der Waals surface area contributed by atoms with Gasteiger partial charge in [-0.2, -0.15) is 0 Å². The van der Waals surface area contributed by atoms with Crippen molar-refractivity contribution in [3.05, 3.63) is 23.3 Å². The Morgan fingerprint density at radius 1 is 1.41 bits per heavy atom. The summed E-state index contributed by atoms with van der Waals surface area (Å²) < 4.78 is 22.9. The van der Waals surface area contributed by atoms with Crippen molar-refractivity contribution in [1.29, 1.82) is 0 Å². The van der Waals surface area contributed by atoms with Crippen LogP contribution < -0.4 is 9.47 Å². The fraction of sp³-hybridized carbons (Fsp3) is 0.417. The molecule has 1 aromatic rings. The Morgan fingerprint density at radius 2 is 2.06 bits per heavy atom. The van der Waals surface area contributed by atoms with E-state index in [1.807, 2.05) is 0 Å². The molecule has 0 fully saturated rings. The molecule has 0 heterocycles. The molecule has 0 aromatic heterocycles. The molecule has 0 aliphatic carbocycles. The molecule has 94 valence electrons. The van der Waals surface area contributed by atoms with E-state index in [1.165, 1.54) is 33.3 Å². The number of alkyl halides is 1. The number of aliphatic carboxylic acids is 1. The zero-order valence-electron chi connectivity index (χ0n) is 9.99. The largest absolute Gasteiger partial charge is 0.493 e. The predicted octanol–water partition coefficient (Wildman–Crippen LogP) is 2.36. The zero-order valence-corrected chi connectivity index (χ0v) is 9.99. The van der Waals surface area contributed by atoms with Crippen LogP contribution in [0.5, 0.6) is 11.5 Å². The summed E-state index contributed by atoms with van der Waals surface area (Å²) in [6.45, 7) is 0.835. The number of ether oxygens (including phenoxy) is 2. The van der Waals surface area contributed by atoms with Crippen LogP contribution >= 0.6 is 0 Å². The smallest absolute Gasteiger partial charge is 0.310 e. The predicted molar refractivity (Wildman–Crippen MR) is 60.4 cm³/mol. The van der Waals surface area contributed by atoms with E-state index in [0.717, 1.165) is 0 Å². The van der Waals surface area contributed by atoms with Gasteiger partial charge in [0.1, 0.15) is 6.67 Å². The van der Waals surface area contributed by atoms with E-state index < -0.39 is 18.6 Å². The molecule has 0 spiro atoms. The summed E-state index contributed by atoms with van der Waals surface area (Å²) in [7, 11) is 2.85. The van der Waals surface area contributed by atoms with Gasteiger partial charge in [-0.15, -0.1) is 0 Å². The Balaban J connectivity index is 3.38. The maximum absolute atomic E-state index is 12.7. The van der Waals surface area contributed by atoms with Gasteiger partial charge in [0.05, 0.1) is 20.1 Å². The first-order valence-corrected chi connectivity index (χ1v) is 5.08. The molecule has 0 saturated carbocycles. The molecule has 0 saturated heterocycles. The molecule has 4 nitrogen and oxygen atoms in total. The van der Waals surface area contributed by atoms with E-state index >= 15 is 0 Å². The Kier molecular flexibility index (Phi) is 4.31. The van der Waals surface area contributed by atoms with E-state index in [0.29, 0.717) is 22.6 Å². The van der Waals surface area contributed by atoms with Crippen molar-refractivity contribution in [2.75, 3.05) is 14.2 Å². The molecule has 0 amide bonds. The molecule has 1 aromatic carbocycles. The number of hydrogen-bond acceptors (Lipinski definition) is 3. The highest BCUT2D eigenvalue weighted by Crippen LogP contribution is 2.37. The van der Waals surface area contributed by atoms with Crippen LogP contribution in [0.15, 0.2) is 12.1 Å². The summed E-state index contributed by atoms with van der Waals surface area (Å²) >= 11 is 0. The van der Waals surface area contributed by atoms with Gasteiger partial charge in [0.2, 0.25) is 0 Å². The SMILES string of the molecule is COc1cc(CF)cc(C(C)C(=O)O)c1OC. The highest BCUT2D eigenvalue weighted by Gasteiger charge is 2.22. The monoisotopic (exact) mass is 242 g/mol. The van der Waals surface area contributed by atoms with Gasteiger partial charge in [0.25, 0.3) is 0 Å². The van der Waals surface area contributed by atoms with Crippen LogP contribution in [0.2, 0.25) is 0 Å². The van der Waals surface area contributed by atoms with Crippen LogP contribution in [0.1, 0.15) is 24.0 Å². The standard InChI is InChI=1S/C12H15FO4/c1-7(12(14)15)9-4-8(6-13)5-10(16-2)11(9)17-3/h4-5,7H,6H2,1-3H3,(H,14,15). The Hall–Kier alpha value is -1.78. The number of methoxy groups -OCH3 is 2. The molecule has 0 aliphatic rings. The number of hydrogen-bond donors (Lipinski definition) is 1. The lowest BCUT2D eigenvalue weighted by molar-refractivity contribution is -0.138. The van der Waals surface area contributed by atoms with Crippen LogP contribution in [0, 0.1) is 0 Å². The van der Waals surface area contributed by atoms with Gasteiger partial charge in [0.15, 0.2) is 11.5 Å². The quantitative estimate of drug-likeness (QED) is 0.861. The lowest BCUT2D eigenvalue weighted by Crippen LogP contribution is -2.10. The number of benzene rings is 1. The molecule has 1 rings (SSSR count). The van der Waals surface area contributed by atoms with Gasteiger partial charge < -0.3 is 14.6 Å². The summed E-state index contributed by atoms with van der Waals surface area (Å²) in [6, 6.07) is 2.98. The van der Waals surface area contributed by atoms with Crippen molar-refractivity contribution in [2.45, 2.75) is 19.5 Å². The average molecular weight is 242 g/mol. The summed E-state index contributed by atoms with van der Waals surface area (Å²) in [5, 5.41) is 8.99. The first-order chi connectivity index (χ1) is 8.04. The number of carboxylic acids is 1. The molecule has 1 unspecified atom stereocenters. The molecule has 1 atom stereocenters. The Morgan fingerprint density at radius 3 is 2.47 bits per heavy atom. The number of halogens is 1. The molecule has 0 aliphatic heterocycles. The molecular formula is C12H15FO4. The molecule has 17 heavy (non-hydrogen) atoms. The molecule has 0 radical (unpaired) electrons. The van der Waals surface area contributed by atoms with E-state index in [2.05, 4.69) is 0 Å². The molecule has 0 bridgehead atoms. The van der Waals surface area contributed by atoms with Crippen molar-refractivity contribution in [2.24, 2.45) is 0 Å². The van der Waals surface area contributed by atoms with E-state index in [1.54, 1.807) is 0 Å². The van der Waals surface area contributed by atoms with Gasteiger partial charge in [-0.3, -0.25) is 4.79 Å². The number of carbonyl (C=O) groups is 1. The van der Waals surface area contributed by atoms with Gasteiger partial charge >= 0.3 is 5.97 Å². The van der Waals surface area contributed by atoms with Crippen molar-refractivity contribution < 1.29 is 23.8 Å². The van der Waals surface area contributed by atoms with Gasteiger partial charge in [-0.1, -0.05) is 0 Å². The third-order valence-corrected chi connectivity index (χ3v) is 2.56. The van der Waals surface area contributed by atoms with Crippen LogP contribution in [-0.4, -0.2) is 25.3 Å². The lowest BCUT2D eigenvalue weighted by Gasteiger charge is -2.16. The zero-order chi connectivity index (χ0) is 13.0. The van der Waals surface area contributed by atoms with Gasteiger partial charge in [-0.05, 0) is 24.6 Å². The lowest BCUT2D eigenvalue weighted by atomic mass is 9.97. The Labute approximate surface area is 99.0 Å². The first-order valence-electron chi connectivity index (χ1n) is 5.08. The summed E-state index contributed by atoms with van der Waals surface area (Å²) in [4.78, 5) is 11.0. The molecular weight excluding hydrogens is 227 g/mol.